The predicted octanol–water partition coefficient (Wildman–Crippen LogP) is 2.76. The molecule has 0 aliphatic rings. The first kappa shape index (κ1) is 15.5. The second kappa shape index (κ2) is 6.09. The van der Waals surface area contributed by atoms with Crippen LogP contribution in [0, 0.1) is 0 Å². The van der Waals surface area contributed by atoms with Gasteiger partial charge in [0.2, 0.25) is 0 Å². The van der Waals surface area contributed by atoms with Crippen LogP contribution in [0.3, 0.4) is 0 Å². The molecular weight excluding hydrogens is 335 g/mol. The Kier molecular flexibility index (Phi) is 4.98. The predicted molar refractivity (Wildman–Crippen MR) is 61.2 cm³/mol. The topological polar surface area (TPSA) is 68.7 Å². The molecule has 1 aromatic heterocycles. The zero-order chi connectivity index (χ0) is 14.6. The molecule has 0 saturated heterocycles. The highest BCUT2D eigenvalue weighted by molar-refractivity contribution is 9.08. The summed E-state index contributed by atoms with van der Waals surface area (Å²) in [7, 11) is 0. The molecule has 0 radical (unpaired) electrons. The highest BCUT2D eigenvalue weighted by atomic mass is 79.9. The van der Waals surface area contributed by atoms with Gasteiger partial charge in [-0.3, -0.25) is 0 Å². The van der Waals surface area contributed by atoms with E-state index >= 15 is 0 Å². The van der Waals surface area contributed by atoms with Crippen LogP contribution in [0.15, 0.2) is 6.20 Å². The molecule has 0 fully saturated rings. The lowest BCUT2D eigenvalue weighted by molar-refractivity contribution is -0.276. The van der Waals surface area contributed by atoms with Crippen molar-refractivity contribution in [3.05, 3.63) is 17.3 Å². The van der Waals surface area contributed by atoms with Crippen LogP contribution in [0.5, 0.6) is 11.6 Å². The Morgan fingerprint density at radius 2 is 2.16 bits per heavy atom. The standard InChI is InChI=1S/C10H9BrF3NO4/c1-2-18-9(17)6-4-15-8(19-10(12,13)14)7(16)5(6)3-11/h4,16H,2-3H2,1H3. The lowest BCUT2D eigenvalue weighted by Crippen LogP contribution is -2.19. The lowest BCUT2D eigenvalue weighted by Gasteiger charge is -2.13. The van der Waals surface area contributed by atoms with Crippen LogP contribution in [-0.4, -0.2) is 29.0 Å². The van der Waals surface area contributed by atoms with Crippen LogP contribution in [0.25, 0.3) is 0 Å². The van der Waals surface area contributed by atoms with Crippen molar-refractivity contribution in [2.75, 3.05) is 6.61 Å². The first-order valence-corrected chi connectivity index (χ1v) is 6.12. The van der Waals surface area contributed by atoms with Crippen molar-refractivity contribution in [3.63, 3.8) is 0 Å². The number of esters is 1. The average Bonchev–Trinajstić information content (AvgIpc) is 2.30. The molecule has 0 aromatic carbocycles. The average molecular weight is 344 g/mol. The zero-order valence-electron chi connectivity index (χ0n) is 9.62. The molecular formula is C10H9BrF3NO4. The van der Waals surface area contributed by atoms with Gasteiger partial charge >= 0.3 is 12.3 Å². The molecule has 106 valence electrons. The van der Waals surface area contributed by atoms with Gasteiger partial charge in [0.15, 0.2) is 5.75 Å². The van der Waals surface area contributed by atoms with Crippen molar-refractivity contribution in [1.82, 2.24) is 4.98 Å². The number of hydrogen-bond donors (Lipinski definition) is 1. The SMILES string of the molecule is CCOC(=O)c1cnc(OC(F)(F)F)c(O)c1CBr. The van der Waals surface area contributed by atoms with Gasteiger partial charge in [-0.25, -0.2) is 9.78 Å². The number of alkyl halides is 4. The summed E-state index contributed by atoms with van der Waals surface area (Å²) in [5.74, 6) is -2.67. The maximum Gasteiger partial charge on any atom is 0.574 e. The van der Waals surface area contributed by atoms with Crippen LogP contribution >= 0.6 is 15.9 Å². The van der Waals surface area contributed by atoms with E-state index in [9.17, 15) is 23.1 Å². The van der Waals surface area contributed by atoms with Crippen LogP contribution in [0.1, 0.15) is 22.8 Å². The fourth-order valence-electron chi connectivity index (χ4n) is 1.22. The summed E-state index contributed by atoms with van der Waals surface area (Å²) in [6.07, 6.45) is -4.13. The summed E-state index contributed by atoms with van der Waals surface area (Å²) in [6.45, 7) is 1.66. The van der Waals surface area contributed by atoms with Gasteiger partial charge in [-0.2, -0.15) is 0 Å². The molecule has 1 aromatic rings. The van der Waals surface area contributed by atoms with Gasteiger partial charge in [0, 0.05) is 17.1 Å². The first-order chi connectivity index (χ1) is 8.80. The van der Waals surface area contributed by atoms with Crippen LogP contribution in [0.4, 0.5) is 13.2 Å². The second-order valence-corrected chi connectivity index (χ2v) is 3.77. The number of aromatic nitrogens is 1. The maximum atomic E-state index is 12.1. The van der Waals surface area contributed by atoms with Gasteiger partial charge in [-0.05, 0) is 6.92 Å². The van der Waals surface area contributed by atoms with E-state index in [1.807, 2.05) is 0 Å². The smallest absolute Gasteiger partial charge is 0.503 e. The Morgan fingerprint density at radius 3 is 2.63 bits per heavy atom. The summed E-state index contributed by atoms with van der Waals surface area (Å²) in [5, 5.41) is 9.56. The highest BCUT2D eigenvalue weighted by Gasteiger charge is 2.34. The summed E-state index contributed by atoms with van der Waals surface area (Å²) >= 11 is 2.96. The number of nitrogens with zero attached hydrogens (tertiary/aromatic N) is 1. The molecule has 0 aliphatic heterocycles. The molecule has 5 nitrogen and oxygen atoms in total. The Bertz CT molecular complexity index is 479. The van der Waals surface area contributed by atoms with Crippen molar-refractivity contribution in [2.24, 2.45) is 0 Å². The number of halogens is 4. The van der Waals surface area contributed by atoms with Crippen molar-refractivity contribution < 1.29 is 32.5 Å². The Hall–Kier alpha value is -1.51. The molecule has 0 bridgehead atoms. The molecule has 9 heteroatoms. The van der Waals surface area contributed by atoms with E-state index in [0.29, 0.717) is 0 Å². The number of pyridine rings is 1. The van der Waals surface area contributed by atoms with Gasteiger partial charge in [0.25, 0.3) is 5.88 Å². The van der Waals surface area contributed by atoms with Crippen molar-refractivity contribution in [2.45, 2.75) is 18.6 Å². The number of ether oxygens (including phenoxy) is 2. The Balaban J connectivity index is 3.19. The van der Waals surface area contributed by atoms with Crippen molar-refractivity contribution >= 4 is 21.9 Å². The van der Waals surface area contributed by atoms with Crippen LogP contribution in [-0.2, 0) is 10.1 Å². The molecule has 0 saturated carbocycles. The van der Waals surface area contributed by atoms with E-state index in [4.69, 9.17) is 4.74 Å². The quantitative estimate of drug-likeness (QED) is 0.672. The fourth-order valence-corrected chi connectivity index (χ4v) is 1.79. The molecule has 0 aliphatic carbocycles. The van der Waals surface area contributed by atoms with Gasteiger partial charge in [0.1, 0.15) is 0 Å². The number of carbonyl (C=O) groups excluding carboxylic acids is 1. The van der Waals surface area contributed by atoms with Gasteiger partial charge in [-0.15, -0.1) is 13.2 Å². The molecule has 1 heterocycles. The number of carbonyl (C=O) groups is 1. The molecule has 0 spiro atoms. The molecule has 0 unspecified atom stereocenters. The third-order valence-electron chi connectivity index (χ3n) is 1.97. The third-order valence-corrected chi connectivity index (χ3v) is 2.53. The first-order valence-electron chi connectivity index (χ1n) is 4.99. The third kappa shape index (κ3) is 3.98. The highest BCUT2D eigenvalue weighted by Crippen LogP contribution is 2.35. The molecule has 1 rings (SSSR count). The van der Waals surface area contributed by atoms with Gasteiger partial charge < -0.3 is 14.6 Å². The van der Waals surface area contributed by atoms with Crippen LogP contribution in [0.2, 0.25) is 0 Å². The molecule has 0 atom stereocenters. The van der Waals surface area contributed by atoms with Gasteiger partial charge in [0.05, 0.1) is 12.2 Å². The van der Waals surface area contributed by atoms with Gasteiger partial charge in [-0.1, -0.05) is 15.9 Å². The van der Waals surface area contributed by atoms with Crippen LogP contribution < -0.4 is 4.74 Å². The number of aromatic hydroxyl groups is 1. The number of rotatable bonds is 4. The summed E-state index contributed by atoms with van der Waals surface area (Å²) in [6, 6.07) is 0. The molecule has 1 N–H and O–H groups in total. The largest absolute Gasteiger partial charge is 0.574 e. The van der Waals surface area contributed by atoms with E-state index in [1.54, 1.807) is 6.92 Å². The Labute approximate surface area is 114 Å². The maximum absolute atomic E-state index is 12.1. The Morgan fingerprint density at radius 1 is 1.53 bits per heavy atom. The lowest BCUT2D eigenvalue weighted by atomic mass is 10.1. The minimum absolute atomic E-state index is 0.0658. The van der Waals surface area contributed by atoms with E-state index in [2.05, 4.69) is 25.7 Å². The minimum atomic E-state index is -4.99. The molecule has 19 heavy (non-hydrogen) atoms. The monoisotopic (exact) mass is 343 g/mol. The summed E-state index contributed by atoms with van der Waals surface area (Å²) in [5.41, 5.74) is -0.224. The second-order valence-electron chi connectivity index (χ2n) is 3.21. The minimum Gasteiger partial charge on any atom is -0.503 e. The molecule has 0 amide bonds. The van der Waals surface area contributed by atoms with E-state index in [-0.39, 0.29) is 23.1 Å². The normalized spacial score (nSPS) is 11.2. The zero-order valence-corrected chi connectivity index (χ0v) is 11.2. The summed E-state index contributed by atoms with van der Waals surface area (Å²) in [4.78, 5) is 14.8. The fraction of sp³-hybridized carbons (Fsp3) is 0.400. The summed E-state index contributed by atoms with van der Waals surface area (Å²) < 4.78 is 44.4. The van der Waals surface area contributed by atoms with Crippen molar-refractivity contribution in [3.8, 4) is 11.6 Å². The van der Waals surface area contributed by atoms with Crippen molar-refractivity contribution in [1.29, 1.82) is 0 Å². The van der Waals surface area contributed by atoms with E-state index in [1.165, 1.54) is 0 Å². The van der Waals surface area contributed by atoms with E-state index in [0.717, 1.165) is 6.20 Å². The van der Waals surface area contributed by atoms with E-state index < -0.39 is 24.0 Å². The number of hydrogen-bond acceptors (Lipinski definition) is 5.